The fourth-order valence-electron chi connectivity index (χ4n) is 2.04. The first kappa shape index (κ1) is 9.56. The third-order valence-electron chi connectivity index (χ3n) is 2.45. The van der Waals surface area contributed by atoms with Gasteiger partial charge in [0.15, 0.2) is 0 Å². The number of rotatable bonds is 2. The molecule has 0 aromatic rings. The molecule has 70 valence electrons. The van der Waals surface area contributed by atoms with Crippen molar-refractivity contribution in [1.82, 2.24) is 0 Å². The second-order valence-corrected chi connectivity index (χ2v) is 5.13. The molecule has 0 saturated heterocycles. The van der Waals surface area contributed by atoms with Crippen molar-refractivity contribution >= 4 is 6.21 Å². The van der Waals surface area contributed by atoms with Crippen LogP contribution in [0.1, 0.15) is 40.0 Å². The highest BCUT2D eigenvalue weighted by Crippen LogP contribution is 2.40. The van der Waals surface area contributed by atoms with E-state index in [0.717, 1.165) is 5.92 Å². The lowest BCUT2D eigenvalue weighted by atomic mass is 9.69. The Labute approximate surface area is 74.7 Å². The van der Waals surface area contributed by atoms with Crippen LogP contribution in [0.5, 0.6) is 0 Å². The molecule has 0 aromatic carbocycles. The normalized spacial score (nSPS) is 30.6. The highest BCUT2D eigenvalue weighted by Gasteiger charge is 2.30. The third-order valence-corrected chi connectivity index (χ3v) is 2.45. The maximum absolute atomic E-state index is 8.29. The van der Waals surface area contributed by atoms with Crippen LogP contribution in [-0.2, 0) is 0 Å². The second-order valence-electron chi connectivity index (χ2n) is 5.13. The average molecular weight is 169 g/mol. The maximum Gasteiger partial charge on any atom is 0.0467 e. The number of nitrogens with zero attached hydrogens (tertiary/aromatic N) is 1. The van der Waals surface area contributed by atoms with Gasteiger partial charge in [0.05, 0.1) is 0 Å². The van der Waals surface area contributed by atoms with Gasteiger partial charge < -0.3 is 5.21 Å². The van der Waals surface area contributed by atoms with Gasteiger partial charge in [0.25, 0.3) is 0 Å². The number of hydrogen-bond donors (Lipinski definition) is 1. The van der Waals surface area contributed by atoms with Crippen LogP contribution < -0.4 is 0 Å². The zero-order chi connectivity index (χ0) is 9.19. The number of oxime groups is 1. The van der Waals surface area contributed by atoms with Gasteiger partial charge in [0, 0.05) is 6.21 Å². The Kier molecular flexibility index (Phi) is 2.76. The van der Waals surface area contributed by atoms with Crippen molar-refractivity contribution in [2.24, 2.45) is 22.4 Å². The van der Waals surface area contributed by atoms with Crippen LogP contribution in [0.25, 0.3) is 0 Å². The highest BCUT2D eigenvalue weighted by molar-refractivity contribution is 5.61. The van der Waals surface area contributed by atoms with E-state index in [1.54, 1.807) is 6.21 Å². The van der Waals surface area contributed by atoms with E-state index in [4.69, 9.17) is 5.21 Å². The molecule has 0 radical (unpaired) electrons. The van der Waals surface area contributed by atoms with Crippen molar-refractivity contribution in [3.05, 3.63) is 0 Å². The molecule has 0 bridgehead atoms. The molecule has 1 saturated carbocycles. The van der Waals surface area contributed by atoms with Gasteiger partial charge in [-0.1, -0.05) is 20.8 Å². The first-order chi connectivity index (χ1) is 5.51. The van der Waals surface area contributed by atoms with Crippen molar-refractivity contribution in [1.29, 1.82) is 0 Å². The molecule has 0 aliphatic heterocycles. The first-order valence-corrected chi connectivity index (χ1v) is 4.69. The van der Waals surface area contributed by atoms with Gasteiger partial charge in [-0.05, 0) is 36.5 Å². The van der Waals surface area contributed by atoms with E-state index < -0.39 is 0 Å². The average Bonchev–Trinajstić information content (AvgIpc) is 1.80. The van der Waals surface area contributed by atoms with Gasteiger partial charge in [-0.15, -0.1) is 5.16 Å². The molecular formula is C10H19NO. The Morgan fingerprint density at radius 3 is 2.42 bits per heavy atom. The fraction of sp³-hybridized carbons (Fsp3) is 0.900. The molecule has 12 heavy (non-hydrogen) atoms. The van der Waals surface area contributed by atoms with Crippen LogP contribution in [0.3, 0.4) is 0 Å². The molecule has 1 aliphatic carbocycles. The Bertz CT molecular complexity index is 163. The molecule has 1 rings (SSSR count). The molecule has 1 fully saturated rings. The Balaban J connectivity index is 2.18. The summed E-state index contributed by atoms with van der Waals surface area (Å²) in [5.41, 5.74) is 0.450. The standard InChI is InChI=1S/C10H19NO/c1-10(2,3)6-8-4-9(5-8)7-11-12/h7-9,12H,4-6H2,1-3H3/b11-7+/t8-,9+. The lowest BCUT2D eigenvalue weighted by Crippen LogP contribution is -2.28. The van der Waals surface area contributed by atoms with E-state index in [1.807, 2.05) is 0 Å². The predicted molar refractivity (Wildman–Crippen MR) is 50.6 cm³/mol. The lowest BCUT2D eigenvalue weighted by Gasteiger charge is -2.36. The molecule has 0 heterocycles. The quantitative estimate of drug-likeness (QED) is 0.385. The smallest absolute Gasteiger partial charge is 0.0467 e. The van der Waals surface area contributed by atoms with Crippen LogP contribution in [-0.4, -0.2) is 11.4 Å². The van der Waals surface area contributed by atoms with E-state index in [0.29, 0.717) is 11.3 Å². The van der Waals surface area contributed by atoms with E-state index in [9.17, 15) is 0 Å². The summed E-state index contributed by atoms with van der Waals surface area (Å²) in [5, 5.41) is 11.4. The van der Waals surface area contributed by atoms with Crippen molar-refractivity contribution in [3.63, 3.8) is 0 Å². The van der Waals surface area contributed by atoms with Gasteiger partial charge in [0.1, 0.15) is 0 Å². The molecule has 1 N–H and O–H groups in total. The van der Waals surface area contributed by atoms with Crippen molar-refractivity contribution < 1.29 is 5.21 Å². The summed E-state index contributed by atoms with van der Waals surface area (Å²) < 4.78 is 0. The predicted octanol–water partition coefficient (Wildman–Crippen LogP) is 2.91. The zero-order valence-corrected chi connectivity index (χ0v) is 8.25. The lowest BCUT2D eigenvalue weighted by molar-refractivity contribution is 0.174. The molecule has 0 amide bonds. The summed E-state index contributed by atoms with van der Waals surface area (Å²) in [7, 11) is 0. The molecule has 1 aliphatic rings. The minimum atomic E-state index is 0.450. The topological polar surface area (TPSA) is 32.6 Å². The summed E-state index contributed by atoms with van der Waals surface area (Å²) in [6, 6.07) is 0. The maximum atomic E-state index is 8.29. The van der Waals surface area contributed by atoms with Crippen LogP contribution >= 0.6 is 0 Å². The van der Waals surface area contributed by atoms with Crippen LogP contribution in [0, 0.1) is 17.3 Å². The van der Waals surface area contributed by atoms with Gasteiger partial charge in [-0.2, -0.15) is 0 Å². The van der Waals surface area contributed by atoms with Crippen LogP contribution in [0.2, 0.25) is 0 Å². The summed E-state index contributed by atoms with van der Waals surface area (Å²) in [6.07, 6.45) is 5.38. The van der Waals surface area contributed by atoms with Gasteiger partial charge in [-0.25, -0.2) is 0 Å². The molecule has 0 atom stereocenters. The second kappa shape index (κ2) is 3.46. The third kappa shape index (κ3) is 2.84. The largest absolute Gasteiger partial charge is 0.411 e. The van der Waals surface area contributed by atoms with Gasteiger partial charge >= 0.3 is 0 Å². The molecular weight excluding hydrogens is 150 g/mol. The van der Waals surface area contributed by atoms with Gasteiger partial charge in [0.2, 0.25) is 0 Å². The van der Waals surface area contributed by atoms with Crippen LogP contribution in [0.4, 0.5) is 0 Å². The summed E-state index contributed by atoms with van der Waals surface area (Å²) in [6.45, 7) is 6.83. The zero-order valence-electron chi connectivity index (χ0n) is 8.25. The molecule has 0 aromatic heterocycles. The van der Waals surface area contributed by atoms with E-state index in [2.05, 4.69) is 25.9 Å². The fourth-order valence-corrected chi connectivity index (χ4v) is 2.04. The Morgan fingerprint density at radius 2 is 2.00 bits per heavy atom. The monoisotopic (exact) mass is 169 g/mol. The van der Waals surface area contributed by atoms with E-state index in [-0.39, 0.29) is 0 Å². The highest BCUT2D eigenvalue weighted by atomic mass is 16.4. The molecule has 2 nitrogen and oxygen atoms in total. The van der Waals surface area contributed by atoms with E-state index in [1.165, 1.54) is 19.3 Å². The van der Waals surface area contributed by atoms with Crippen molar-refractivity contribution in [3.8, 4) is 0 Å². The minimum Gasteiger partial charge on any atom is -0.411 e. The van der Waals surface area contributed by atoms with Crippen LogP contribution in [0.15, 0.2) is 5.16 Å². The summed E-state index contributed by atoms with van der Waals surface area (Å²) in [5.74, 6) is 1.40. The van der Waals surface area contributed by atoms with E-state index >= 15 is 0 Å². The SMILES string of the molecule is CC(C)(C)C[C@H]1C[C@@H](/C=N/O)C1. The summed E-state index contributed by atoms with van der Waals surface area (Å²) in [4.78, 5) is 0. The first-order valence-electron chi connectivity index (χ1n) is 4.69. The minimum absolute atomic E-state index is 0.450. The summed E-state index contributed by atoms with van der Waals surface area (Å²) >= 11 is 0. The molecule has 2 heteroatoms. The van der Waals surface area contributed by atoms with Crippen molar-refractivity contribution in [2.45, 2.75) is 40.0 Å². The van der Waals surface area contributed by atoms with Crippen molar-refractivity contribution in [2.75, 3.05) is 0 Å². The molecule has 0 spiro atoms. The number of hydrogen-bond acceptors (Lipinski definition) is 2. The van der Waals surface area contributed by atoms with Gasteiger partial charge in [-0.3, -0.25) is 0 Å². The Hall–Kier alpha value is -0.530. The molecule has 0 unspecified atom stereocenters. The Morgan fingerprint density at radius 1 is 1.42 bits per heavy atom.